The van der Waals surface area contributed by atoms with E-state index in [2.05, 4.69) is 0 Å². The van der Waals surface area contributed by atoms with Crippen molar-refractivity contribution in [3.63, 3.8) is 0 Å². The number of pyridine rings is 1. The number of carbonyl (C=O) groups is 2. The Hall–Kier alpha value is -4.78. The van der Waals surface area contributed by atoms with Crippen molar-refractivity contribution >= 4 is 33.7 Å². The molecule has 1 heterocycles. The molecule has 0 unspecified atom stereocenters. The smallest absolute Gasteiger partial charge is 0.373 e. The van der Waals surface area contributed by atoms with Gasteiger partial charge < -0.3 is 14.2 Å². The summed E-state index contributed by atoms with van der Waals surface area (Å²) in [5.41, 5.74) is 2.40. The van der Waals surface area contributed by atoms with Crippen molar-refractivity contribution in [3.8, 4) is 11.5 Å². The number of para-hydroxylation sites is 3. The number of ether oxygens (including phenoxy) is 3. The average Bonchev–Trinajstić information content (AvgIpc) is 2.93. The number of carbonyl (C=O) groups excluding carboxylic acids is 2. The minimum Gasteiger partial charge on any atom is -0.493 e. The summed E-state index contributed by atoms with van der Waals surface area (Å²) in [5.74, 6) is -2.06. The van der Waals surface area contributed by atoms with Gasteiger partial charge in [-0.2, -0.15) is 4.57 Å². The molecule has 1 aromatic heterocycles. The number of fused-ring (bicyclic) bond motifs is 2. The molecule has 6 nitrogen and oxygen atoms in total. The van der Waals surface area contributed by atoms with Crippen LogP contribution in [0.4, 0.5) is 4.39 Å². The van der Waals surface area contributed by atoms with Gasteiger partial charge in [-0.1, -0.05) is 60.7 Å². The topological polar surface area (TPSA) is 65.7 Å². The maximum atomic E-state index is 14.5. The molecule has 0 saturated heterocycles. The maximum Gasteiger partial charge on any atom is 0.373 e. The van der Waals surface area contributed by atoms with Gasteiger partial charge in [-0.15, -0.1) is 0 Å². The van der Waals surface area contributed by atoms with Crippen LogP contribution in [0.5, 0.6) is 11.5 Å². The normalized spacial score (nSPS) is 10.9. The molecule has 0 atom stereocenters. The molecule has 0 aliphatic carbocycles. The Balaban J connectivity index is 1.56. The van der Waals surface area contributed by atoms with Crippen molar-refractivity contribution in [3.05, 3.63) is 114 Å². The zero-order valence-electron chi connectivity index (χ0n) is 20.0. The van der Waals surface area contributed by atoms with Gasteiger partial charge >= 0.3 is 11.9 Å². The molecule has 37 heavy (non-hydrogen) atoms. The van der Waals surface area contributed by atoms with Crippen molar-refractivity contribution in [2.45, 2.75) is 13.2 Å². The molecule has 5 rings (SSSR count). The molecular formula is C30H23FNO5+. The Morgan fingerprint density at radius 1 is 0.784 bits per heavy atom. The van der Waals surface area contributed by atoms with Gasteiger partial charge in [0.15, 0.2) is 11.6 Å². The predicted molar refractivity (Wildman–Crippen MR) is 136 cm³/mol. The Morgan fingerprint density at radius 2 is 1.41 bits per heavy atom. The number of esters is 2. The first-order valence-electron chi connectivity index (χ1n) is 11.6. The van der Waals surface area contributed by atoms with Crippen LogP contribution < -0.4 is 14.0 Å². The summed E-state index contributed by atoms with van der Waals surface area (Å²) in [6.45, 7) is 0.0926. The van der Waals surface area contributed by atoms with E-state index in [0.717, 1.165) is 5.56 Å². The van der Waals surface area contributed by atoms with Crippen LogP contribution in [0.2, 0.25) is 0 Å². The first-order chi connectivity index (χ1) is 18.1. The van der Waals surface area contributed by atoms with Gasteiger partial charge in [0.2, 0.25) is 23.3 Å². The van der Waals surface area contributed by atoms with Crippen molar-refractivity contribution in [2.24, 2.45) is 0 Å². The summed E-state index contributed by atoms with van der Waals surface area (Å²) in [5, 5.41) is 1.11. The number of halogens is 1. The molecule has 0 aliphatic rings. The van der Waals surface area contributed by atoms with E-state index < -0.39 is 17.8 Å². The summed E-state index contributed by atoms with van der Waals surface area (Å²) in [7, 11) is 1.37. The molecule has 7 heteroatoms. The lowest BCUT2D eigenvalue weighted by Crippen LogP contribution is -2.41. The highest BCUT2D eigenvalue weighted by Gasteiger charge is 2.28. The van der Waals surface area contributed by atoms with Gasteiger partial charge in [0.25, 0.3) is 0 Å². The lowest BCUT2D eigenvalue weighted by molar-refractivity contribution is -0.633. The molecule has 0 saturated carbocycles. The Bertz CT molecular complexity index is 1560. The molecular weight excluding hydrogens is 473 g/mol. The van der Waals surface area contributed by atoms with E-state index in [1.165, 1.54) is 25.3 Å². The maximum absolute atomic E-state index is 14.5. The molecule has 0 N–H and O–H groups in total. The van der Waals surface area contributed by atoms with Crippen LogP contribution in [0.3, 0.4) is 0 Å². The third kappa shape index (κ3) is 4.84. The summed E-state index contributed by atoms with van der Waals surface area (Å²) in [4.78, 5) is 26.4. The lowest BCUT2D eigenvalue weighted by atomic mass is 10.0. The molecule has 0 spiro atoms. The first-order valence-corrected chi connectivity index (χ1v) is 11.6. The molecule has 5 aromatic rings. The fourth-order valence-corrected chi connectivity index (χ4v) is 4.31. The molecule has 0 aliphatic heterocycles. The summed E-state index contributed by atoms with van der Waals surface area (Å²) >= 11 is 0. The standard InChI is InChI=1S/C30H23FNO5/c1-35-26-17-9-14-23(31)29(26)37-30(34)28-21-12-5-7-15-24(21)32(25-16-8-6-13-22(25)28)18-27(33)36-19-20-10-3-2-4-11-20/h2-17H,18-19H2,1H3/q+1. The molecule has 184 valence electrons. The molecule has 0 bridgehead atoms. The number of rotatable bonds is 7. The van der Waals surface area contributed by atoms with Gasteiger partial charge in [-0.05, 0) is 29.8 Å². The number of hydrogen-bond donors (Lipinski definition) is 0. The van der Waals surface area contributed by atoms with Crippen LogP contribution in [0, 0.1) is 5.82 Å². The number of benzene rings is 4. The van der Waals surface area contributed by atoms with E-state index in [0.29, 0.717) is 21.8 Å². The van der Waals surface area contributed by atoms with Gasteiger partial charge in [-0.25, -0.2) is 14.0 Å². The van der Waals surface area contributed by atoms with E-state index in [4.69, 9.17) is 14.2 Å². The van der Waals surface area contributed by atoms with Crippen molar-refractivity contribution in [1.82, 2.24) is 0 Å². The number of aromatic nitrogens is 1. The largest absolute Gasteiger partial charge is 0.493 e. The van der Waals surface area contributed by atoms with Crippen LogP contribution in [-0.4, -0.2) is 19.0 Å². The molecule has 0 fully saturated rings. The van der Waals surface area contributed by atoms with E-state index >= 15 is 0 Å². The summed E-state index contributed by atoms with van der Waals surface area (Å²) in [6, 6.07) is 28.0. The SMILES string of the molecule is COc1cccc(F)c1OC(=O)c1c2ccccc2[n+](CC(=O)OCc2ccccc2)c2ccccc12. The quantitative estimate of drug-likeness (QED) is 0.131. The lowest BCUT2D eigenvalue weighted by Gasteiger charge is -2.13. The fourth-order valence-electron chi connectivity index (χ4n) is 4.31. The minimum atomic E-state index is -0.741. The highest BCUT2D eigenvalue weighted by atomic mass is 19.1. The van der Waals surface area contributed by atoms with Gasteiger partial charge in [0.1, 0.15) is 6.61 Å². The molecule has 0 amide bonds. The van der Waals surface area contributed by atoms with Crippen LogP contribution in [-0.2, 0) is 22.7 Å². The van der Waals surface area contributed by atoms with Gasteiger partial charge in [-0.3, -0.25) is 0 Å². The molecule has 0 radical (unpaired) electrons. The predicted octanol–water partition coefficient (Wildman–Crippen LogP) is 5.39. The monoisotopic (exact) mass is 496 g/mol. The van der Waals surface area contributed by atoms with Crippen LogP contribution in [0.1, 0.15) is 15.9 Å². The number of methoxy groups -OCH3 is 1. The second-order valence-corrected chi connectivity index (χ2v) is 8.30. The van der Waals surface area contributed by atoms with Crippen LogP contribution >= 0.6 is 0 Å². The summed E-state index contributed by atoms with van der Waals surface area (Å²) in [6.07, 6.45) is 0. The Labute approximate surface area is 212 Å². The minimum absolute atomic E-state index is 0.0652. The van der Waals surface area contributed by atoms with Crippen molar-refractivity contribution < 1.29 is 32.8 Å². The van der Waals surface area contributed by atoms with E-state index in [-0.39, 0.29) is 30.2 Å². The van der Waals surface area contributed by atoms with Gasteiger partial charge in [0, 0.05) is 12.1 Å². The third-order valence-corrected chi connectivity index (χ3v) is 6.01. The average molecular weight is 497 g/mol. The van der Waals surface area contributed by atoms with E-state index in [1.807, 2.05) is 54.6 Å². The number of hydrogen-bond acceptors (Lipinski definition) is 5. The van der Waals surface area contributed by atoms with Crippen LogP contribution in [0.25, 0.3) is 21.8 Å². The fraction of sp³-hybridized carbons (Fsp3) is 0.100. The van der Waals surface area contributed by atoms with Crippen LogP contribution in [0.15, 0.2) is 97.1 Å². The first kappa shape index (κ1) is 23.9. The van der Waals surface area contributed by atoms with Gasteiger partial charge in [0.05, 0.1) is 23.4 Å². The zero-order valence-corrected chi connectivity index (χ0v) is 20.0. The summed E-state index contributed by atoms with van der Waals surface area (Å²) < 4.78 is 32.6. The zero-order chi connectivity index (χ0) is 25.8. The van der Waals surface area contributed by atoms with E-state index in [9.17, 15) is 14.0 Å². The third-order valence-electron chi connectivity index (χ3n) is 6.01. The van der Waals surface area contributed by atoms with E-state index in [1.54, 1.807) is 28.8 Å². The molecule has 4 aromatic carbocycles. The van der Waals surface area contributed by atoms with Crippen molar-refractivity contribution in [1.29, 1.82) is 0 Å². The number of nitrogens with zero attached hydrogens (tertiary/aromatic N) is 1. The van der Waals surface area contributed by atoms with Crippen molar-refractivity contribution in [2.75, 3.05) is 7.11 Å². The highest BCUT2D eigenvalue weighted by Crippen LogP contribution is 2.32. The Morgan fingerprint density at radius 3 is 2.05 bits per heavy atom. The second-order valence-electron chi connectivity index (χ2n) is 8.30. The highest BCUT2D eigenvalue weighted by molar-refractivity contribution is 6.13. The second kappa shape index (κ2) is 10.5. The Kier molecular flexibility index (Phi) is 6.76.